The Bertz CT molecular complexity index is 1040. The fourth-order valence-corrected chi connectivity index (χ4v) is 2.99. The van der Waals surface area contributed by atoms with Gasteiger partial charge >= 0.3 is 6.09 Å². The third kappa shape index (κ3) is 5.40. The zero-order valence-electron chi connectivity index (χ0n) is 17.2. The molecule has 0 saturated carbocycles. The van der Waals surface area contributed by atoms with Gasteiger partial charge in [0.2, 0.25) is 11.8 Å². The van der Waals surface area contributed by atoms with Gasteiger partial charge in [0.1, 0.15) is 18.0 Å². The van der Waals surface area contributed by atoms with Gasteiger partial charge < -0.3 is 19.1 Å². The normalized spacial score (nSPS) is 13.9. The minimum absolute atomic E-state index is 0.0333. The van der Waals surface area contributed by atoms with Crippen molar-refractivity contribution in [3.05, 3.63) is 41.5 Å². The van der Waals surface area contributed by atoms with Crippen LogP contribution in [0.15, 0.2) is 24.5 Å². The lowest BCUT2D eigenvalue weighted by Crippen LogP contribution is -2.42. The predicted molar refractivity (Wildman–Crippen MR) is 108 cm³/mol. The van der Waals surface area contributed by atoms with E-state index in [4.69, 9.17) is 25.9 Å². The molecule has 0 spiro atoms. The largest absolute Gasteiger partial charge is 0.473 e. The van der Waals surface area contributed by atoms with Crippen molar-refractivity contribution in [2.75, 3.05) is 13.1 Å². The summed E-state index contributed by atoms with van der Waals surface area (Å²) in [5, 5.41) is 8.85. The number of hydrogen-bond donors (Lipinski definition) is 0. The fraction of sp³-hybridized carbons (Fsp3) is 0.364. The smallest absolute Gasteiger partial charge is 0.410 e. The lowest BCUT2D eigenvalue weighted by atomic mass is 10.1. The van der Waals surface area contributed by atoms with Gasteiger partial charge in [-0.05, 0) is 32.0 Å². The van der Waals surface area contributed by atoms with Gasteiger partial charge in [-0.3, -0.25) is 0 Å². The number of carbonyl (C=O) groups excluding carboxylic acids is 1. The Morgan fingerprint density at radius 1 is 1.29 bits per heavy atom. The first-order valence-corrected chi connectivity index (χ1v) is 9.72. The number of nitrogens with zero attached hydrogens (tertiary/aromatic N) is 4. The summed E-state index contributed by atoms with van der Waals surface area (Å²) >= 11 is 0. The number of amides is 1. The Morgan fingerprint density at radius 2 is 2.00 bits per heavy atom. The van der Waals surface area contributed by atoms with Crippen LogP contribution in [0.2, 0.25) is 0 Å². The quantitative estimate of drug-likeness (QED) is 0.676. The lowest BCUT2D eigenvalue weighted by molar-refractivity contribution is 0.0506. The SMILES string of the molecule is C#Cc1c(Oc2ccc(C#N)cc2F)ncnc1OC1CCN(C(=O)OC(C)C)CC1. The number of ether oxygens (including phenoxy) is 3. The summed E-state index contributed by atoms with van der Waals surface area (Å²) in [6.45, 7) is 4.56. The standard InChI is InChI=1S/C22H21FN4O4/c1-4-17-20(30-16-7-9-27(10-8-16)22(28)29-14(2)3)25-13-26-21(17)31-19-6-5-15(12-24)11-18(19)23/h1,5-6,11,13-14,16H,7-10H2,2-3H3. The zero-order chi connectivity index (χ0) is 22.4. The van der Waals surface area contributed by atoms with Crippen LogP contribution in [0.4, 0.5) is 9.18 Å². The number of rotatable bonds is 5. The number of likely N-dealkylation sites (tertiary alicyclic amines) is 1. The number of halogens is 1. The molecule has 9 heteroatoms. The highest BCUT2D eigenvalue weighted by molar-refractivity contribution is 5.67. The lowest BCUT2D eigenvalue weighted by Gasteiger charge is -2.31. The number of benzene rings is 1. The van der Waals surface area contributed by atoms with E-state index in [1.165, 1.54) is 18.5 Å². The van der Waals surface area contributed by atoms with Crippen molar-refractivity contribution in [2.24, 2.45) is 0 Å². The molecule has 0 bridgehead atoms. The van der Waals surface area contributed by atoms with Gasteiger partial charge in [-0.2, -0.15) is 5.26 Å². The minimum atomic E-state index is -0.719. The van der Waals surface area contributed by atoms with E-state index in [1.54, 1.807) is 18.7 Å². The van der Waals surface area contributed by atoms with Crippen molar-refractivity contribution in [3.8, 4) is 35.9 Å². The van der Waals surface area contributed by atoms with E-state index in [0.717, 1.165) is 6.07 Å². The highest BCUT2D eigenvalue weighted by Gasteiger charge is 2.27. The predicted octanol–water partition coefficient (Wildman–Crippen LogP) is 3.65. The maximum atomic E-state index is 14.2. The number of piperidine rings is 1. The average Bonchev–Trinajstić information content (AvgIpc) is 2.75. The molecule has 1 aromatic heterocycles. The van der Waals surface area contributed by atoms with E-state index < -0.39 is 5.82 Å². The number of terminal acetylenes is 1. The second kappa shape index (κ2) is 9.77. The summed E-state index contributed by atoms with van der Waals surface area (Å²) in [6.07, 6.45) is 7.21. The first-order chi connectivity index (χ1) is 14.9. The highest BCUT2D eigenvalue weighted by atomic mass is 19.1. The zero-order valence-corrected chi connectivity index (χ0v) is 17.2. The molecule has 1 aliphatic rings. The van der Waals surface area contributed by atoms with Crippen LogP contribution in [-0.4, -0.2) is 46.3 Å². The summed E-state index contributed by atoms with van der Waals surface area (Å²) in [6, 6.07) is 5.65. The van der Waals surface area contributed by atoms with Crippen LogP contribution < -0.4 is 9.47 Å². The molecule has 31 heavy (non-hydrogen) atoms. The fourth-order valence-electron chi connectivity index (χ4n) is 2.99. The summed E-state index contributed by atoms with van der Waals surface area (Å²) in [5.41, 5.74) is 0.310. The van der Waals surface area contributed by atoms with E-state index in [0.29, 0.717) is 25.9 Å². The Balaban J connectivity index is 1.69. The van der Waals surface area contributed by atoms with Gasteiger partial charge in [-0.25, -0.2) is 19.2 Å². The Morgan fingerprint density at radius 3 is 2.61 bits per heavy atom. The summed E-state index contributed by atoms with van der Waals surface area (Å²) in [5.74, 6) is 1.69. The first kappa shape index (κ1) is 21.8. The molecule has 1 saturated heterocycles. The molecule has 0 unspecified atom stereocenters. The summed E-state index contributed by atoms with van der Waals surface area (Å²) in [4.78, 5) is 21.7. The van der Waals surface area contributed by atoms with E-state index >= 15 is 0 Å². The van der Waals surface area contributed by atoms with Crippen LogP contribution in [0, 0.1) is 29.5 Å². The van der Waals surface area contributed by atoms with Crippen LogP contribution in [0.1, 0.15) is 37.8 Å². The molecule has 2 heterocycles. The van der Waals surface area contributed by atoms with Crippen LogP contribution in [-0.2, 0) is 4.74 Å². The number of nitriles is 1. The van der Waals surface area contributed by atoms with Gasteiger partial charge in [0.05, 0.1) is 17.7 Å². The Kier molecular flexibility index (Phi) is 6.88. The van der Waals surface area contributed by atoms with Crippen LogP contribution in [0.3, 0.4) is 0 Å². The van der Waals surface area contributed by atoms with Gasteiger partial charge in [-0.15, -0.1) is 6.42 Å². The molecule has 1 amide bonds. The highest BCUT2D eigenvalue weighted by Crippen LogP contribution is 2.30. The molecule has 8 nitrogen and oxygen atoms in total. The van der Waals surface area contributed by atoms with Crippen molar-refractivity contribution in [1.29, 1.82) is 5.26 Å². The Labute approximate surface area is 179 Å². The molecular weight excluding hydrogens is 403 g/mol. The summed E-state index contributed by atoms with van der Waals surface area (Å²) < 4.78 is 30.8. The average molecular weight is 424 g/mol. The van der Waals surface area contributed by atoms with Crippen molar-refractivity contribution in [2.45, 2.75) is 38.9 Å². The van der Waals surface area contributed by atoms with Crippen molar-refractivity contribution < 1.29 is 23.4 Å². The number of carbonyl (C=O) groups is 1. The molecule has 160 valence electrons. The molecule has 0 N–H and O–H groups in total. The van der Waals surface area contributed by atoms with Crippen molar-refractivity contribution in [3.63, 3.8) is 0 Å². The maximum absolute atomic E-state index is 14.2. The minimum Gasteiger partial charge on any atom is -0.473 e. The van der Waals surface area contributed by atoms with Gasteiger partial charge in [-0.1, -0.05) is 5.92 Å². The second-order valence-corrected chi connectivity index (χ2v) is 7.10. The van der Waals surface area contributed by atoms with Crippen LogP contribution >= 0.6 is 0 Å². The summed E-state index contributed by atoms with van der Waals surface area (Å²) in [7, 11) is 0. The molecule has 3 rings (SSSR count). The molecule has 0 radical (unpaired) electrons. The van der Waals surface area contributed by atoms with Crippen molar-refractivity contribution >= 4 is 6.09 Å². The van der Waals surface area contributed by atoms with Crippen LogP contribution in [0.5, 0.6) is 17.5 Å². The first-order valence-electron chi connectivity index (χ1n) is 9.72. The van der Waals surface area contributed by atoms with Crippen molar-refractivity contribution in [1.82, 2.24) is 14.9 Å². The van der Waals surface area contributed by atoms with Crippen LogP contribution in [0.25, 0.3) is 0 Å². The van der Waals surface area contributed by atoms with Gasteiger partial charge in [0.15, 0.2) is 11.6 Å². The second-order valence-electron chi connectivity index (χ2n) is 7.10. The third-order valence-electron chi connectivity index (χ3n) is 4.50. The van der Waals surface area contributed by atoms with E-state index in [1.807, 2.05) is 6.07 Å². The Hall–Kier alpha value is -3.85. The number of hydrogen-bond acceptors (Lipinski definition) is 7. The molecule has 1 aliphatic heterocycles. The molecule has 0 aliphatic carbocycles. The molecule has 1 fully saturated rings. The molecule has 2 aromatic rings. The van der Waals surface area contributed by atoms with E-state index in [-0.39, 0.29) is 46.9 Å². The topological polar surface area (TPSA) is 97.6 Å². The number of aromatic nitrogens is 2. The van der Waals surface area contributed by atoms with Gasteiger partial charge in [0, 0.05) is 25.9 Å². The third-order valence-corrected chi connectivity index (χ3v) is 4.50. The molecule has 0 atom stereocenters. The van der Waals surface area contributed by atoms with E-state index in [9.17, 15) is 9.18 Å². The molecule has 1 aromatic carbocycles. The van der Waals surface area contributed by atoms with E-state index in [2.05, 4.69) is 15.9 Å². The monoisotopic (exact) mass is 424 g/mol. The maximum Gasteiger partial charge on any atom is 0.410 e. The van der Waals surface area contributed by atoms with Gasteiger partial charge in [0.25, 0.3) is 0 Å². The molecular formula is C22H21FN4O4.